The predicted octanol–water partition coefficient (Wildman–Crippen LogP) is 2.83. The number of amides is 1. The van der Waals surface area contributed by atoms with Gasteiger partial charge < -0.3 is 9.32 Å². The van der Waals surface area contributed by atoms with Crippen LogP contribution in [0.25, 0.3) is 11.5 Å². The average molecular weight is 366 g/mol. The highest BCUT2D eigenvalue weighted by atomic mass is 19.1. The molecule has 0 bridgehead atoms. The second-order valence-corrected chi connectivity index (χ2v) is 6.48. The van der Waals surface area contributed by atoms with E-state index in [-0.39, 0.29) is 17.7 Å². The van der Waals surface area contributed by atoms with Crippen molar-refractivity contribution in [3.8, 4) is 11.5 Å². The molecule has 1 aromatic heterocycles. The molecule has 0 aliphatic carbocycles. The molecule has 1 fully saturated rings. The summed E-state index contributed by atoms with van der Waals surface area (Å²) in [6.45, 7) is 3.64. The third-order valence-corrected chi connectivity index (χ3v) is 4.59. The van der Waals surface area contributed by atoms with Gasteiger partial charge in [0.2, 0.25) is 5.89 Å². The summed E-state index contributed by atoms with van der Waals surface area (Å²) in [4.78, 5) is 16.6. The maximum absolute atomic E-state index is 13.3. The molecule has 27 heavy (non-hydrogen) atoms. The Morgan fingerprint density at radius 3 is 2.52 bits per heavy atom. The summed E-state index contributed by atoms with van der Waals surface area (Å²) in [6, 6.07) is 16.1. The Hall–Kier alpha value is -3.06. The molecule has 0 N–H and O–H groups in total. The fourth-order valence-corrected chi connectivity index (χ4v) is 3.13. The molecule has 2 heterocycles. The molecule has 0 saturated carbocycles. The zero-order valence-corrected chi connectivity index (χ0v) is 14.7. The van der Waals surface area contributed by atoms with Crippen LogP contribution in [0.5, 0.6) is 0 Å². The standard InChI is InChI=1S/C20H19FN4O2/c21-17-8-4-7-16(13-17)18-22-23-19(27-18)20(26)25-11-9-24(10-12-25)14-15-5-2-1-3-6-15/h1-8,13H,9-12,14H2. The number of rotatable bonds is 4. The highest BCUT2D eigenvalue weighted by Crippen LogP contribution is 2.19. The Bertz CT molecular complexity index is 920. The van der Waals surface area contributed by atoms with Gasteiger partial charge in [-0.3, -0.25) is 9.69 Å². The highest BCUT2D eigenvalue weighted by Gasteiger charge is 2.26. The van der Waals surface area contributed by atoms with E-state index in [1.807, 2.05) is 18.2 Å². The fourth-order valence-electron chi connectivity index (χ4n) is 3.13. The number of carbonyl (C=O) groups excluding carboxylic acids is 1. The molecule has 0 unspecified atom stereocenters. The third-order valence-electron chi connectivity index (χ3n) is 4.59. The van der Waals surface area contributed by atoms with E-state index in [4.69, 9.17) is 4.42 Å². The number of nitrogens with zero attached hydrogens (tertiary/aromatic N) is 4. The molecular weight excluding hydrogens is 347 g/mol. The van der Waals surface area contributed by atoms with Gasteiger partial charge in [-0.05, 0) is 23.8 Å². The maximum atomic E-state index is 13.3. The van der Waals surface area contributed by atoms with Gasteiger partial charge in [0.05, 0.1) is 0 Å². The number of aromatic nitrogens is 2. The minimum atomic E-state index is -0.395. The molecule has 1 amide bonds. The van der Waals surface area contributed by atoms with Crippen LogP contribution in [0.2, 0.25) is 0 Å². The van der Waals surface area contributed by atoms with Crippen molar-refractivity contribution in [1.82, 2.24) is 20.0 Å². The summed E-state index contributed by atoms with van der Waals surface area (Å²) in [7, 11) is 0. The van der Waals surface area contributed by atoms with Crippen LogP contribution in [0.3, 0.4) is 0 Å². The summed E-state index contributed by atoms with van der Waals surface area (Å²) in [5.74, 6) is -0.607. The number of carbonyl (C=O) groups is 1. The van der Waals surface area contributed by atoms with Crippen molar-refractivity contribution >= 4 is 5.91 Å². The number of piperazine rings is 1. The van der Waals surface area contributed by atoms with Gasteiger partial charge in [0.1, 0.15) is 5.82 Å². The van der Waals surface area contributed by atoms with E-state index in [0.717, 1.165) is 19.6 Å². The average Bonchev–Trinajstić information content (AvgIpc) is 3.19. The van der Waals surface area contributed by atoms with Crippen molar-refractivity contribution in [2.45, 2.75) is 6.54 Å². The van der Waals surface area contributed by atoms with Crippen LogP contribution < -0.4 is 0 Å². The summed E-state index contributed by atoms with van der Waals surface area (Å²) >= 11 is 0. The third kappa shape index (κ3) is 4.03. The van der Waals surface area contributed by atoms with Gasteiger partial charge in [-0.1, -0.05) is 36.4 Å². The molecule has 2 aromatic carbocycles. The van der Waals surface area contributed by atoms with Crippen LogP contribution in [-0.4, -0.2) is 52.1 Å². The Labute approximate surface area is 156 Å². The fraction of sp³-hybridized carbons (Fsp3) is 0.250. The number of halogens is 1. The van der Waals surface area contributed by atoms with E-state index in [1.165, 1.54) is 17.7 Å². The first kappa shape index (κ1) is 17.4. The Kier molecular flexibility index (Phi) is 4.93. The lowest BCUT2D eigenvalue weighted by Crippen LogP contribution is -2.48. The second kappa shape index (κ2) is 7.67. The lowest BCUT2D eigenvalue weighted by Gasteiger charge is -2.34. The molecule has 3 aromatic rings. The quantitative estimate of drug-likeness (QED) is 0.711. The lowest BCUT2D eigenvalue weighted by atomic mass is 10.2. The Balaban J connectivity index is 1.37. The molecular formula is C20H19FN4O2. The van der Waals surface area contributed by atoms with Crippen molar-refractivity contribution in [1.29, 1.82) is 0 Å². The SMILES string of the molecule is O=C(c1nnc(-c2cccc(F)c2)o1)N1CCN(Cc2ccccc2)CC1. The van der Waals surface area contributed by atoms with Gasteiger partial charge in [-0.25, -0.2) is 4.39 Å². The van der Waals surface area contributed by atoms with E-state index in [0.29, 0.717) is 18.7 Å². The van der Waals surface area contributed by atoms with Crippen molar-refractivity contribution in [2.75, 3.05) is 26.2 Å². The van der Waals surface area contributed by atoms with Crippen LogP contribution >= 0.6 is 0 Å². The zero-order chi connectivity index (χ0) is 18.6. The van der Waals surface area contributed by atoms with Crippen LogP contribution in [0.4, 0.5) is 4.39 Å². The van der Waals surface area contributed by atoms with Gasteiger partial charge in [0, 0.05) is 38.3 Å². The molecule has 1 aliphatic rings. The van der Waals surface area contributed by atoms with E-state index in [2.05, 4.69) is 27.2 Å². The van der Waals surface area contributed by atoms with Crippen LogP contribution in [0, 0.1) is 5.82 Å². The maximum Gasteiger partial charge on any atom is 0.311 e. The molecule has 7 heteroatoms. The first-order chi connectivity index (χ1) is 13.2. The molecule has 1 saturated heterocycles. The monoisotopic (exact) mass is 366 g/mol. The van der Waals surface area contributed by atoms with Crippen molar-refractivity contribution in [2.24, 2.45) is 0 Å². The lowest BCUT2D eigenvalue weighted by molar-refractivity contribution is 0.0590. The van der Waals surface area contributed by atoms with Gasteiger partial charge in [0.25, 0.3) is 0 Å². The van der Waals surface area contributed by atoms with Crippen molar-refractivity contribution in [3.63, 3.8) is 0 Å². The van der Waals surface area contributed by atoms with Crippen molar-refractivity contribution < 1.29 is 13.6 Å². The Morgan fingerprint density at radius 1 is 1.00 bits per heavy atom. The van der Waals surface area contributed by atoms with Crippen LogP contribution in [0.1, 0.15) is 16.2 Å². The molecule has 4 rings (SSSR count). The first-order valence-electron chi connectivity index (χ1n) is 8.84. The summed E-state index contributed by atoms with van der Waals surface area (Å²) < 4.78 is 18.8. The molecule has 138 valence electrons. The predicted molar refractivity (Wildman–Crippen MR) is 97.3 cm³/mol. The summed E-state index contributed by atoms with van der Waals surface area (Å²) in [5.41, 5.74) is 1.71. The molecule has 1 aliphatic heterocycles. The topological polar surface area (TPSA) is 62.5 Å². The minimum Gasteiger partial charge on any atom is -0.412 e. The number of hydrogen-bond donors (Lipinski definition) is 0. The molecule has 0 radical (unpaired) electrons. The van der Waals surface area contributed by atoms with Crippen molar-refractivity contribution in [3.05, 3.63) is 71.9 Å². The Morgan fingerprint density at radius 2 is 1.78 bits per heavy atom. The molecule has 6 nitrogen and oxygen atoms in total. The number of benzene rings is 2. The van der Waals surface area contributed by atoms with E-state index in [9.17, 15) is 9.18 Å². The highest BCUT2D eigenvalue weighted by molar-refractivity contribution is 5.89. The van der Waals surface area contributed by atoms with E-state index < -0.39 is 5.82 Å². The minimum absolute atomic E-state index is 0.0641. The largest absolute Gasteiger partial charge is 0.412 e. The molecule has 0 atom stereocenters. The zero-order valence-electron chi connectivity index (χ0n) is 14.7. The van der Waals surface area contributed by atoms with E-state index >= 15 is 0 Å². The molecule has 0 spiro atoms. The second-order valence-electron chi connectivity index (χ2n) is 6.48. The van der Waals surface area contributed by atoms with Gasteiger partial charge in [0.15, 0.2) is 0 Å². The summed E-state index contributed by atoms with van der Waals surface area (Å²) in [6.07, 6.45) is 0. The van der Waals surface area contributed by atoms with Crippen LogP contribution in [0.15, 0.2) is 59.0 Å². The summed E-state index contributed by atoms with van der Waals surface area (Å²) in [5, 5.41) is 7.71. The number of hydrogen-bond acceptors (Lipinski definition) is 5. The van der Waals surface area contributed by atoms with Gasteiger partial charge in [-0.15, -0.1) is 10.2 Å². The van der Waals surface area contributed by atoms with E-state index in [1.54, 1.807) is 17.0 Å². The van der Waals surface area contributed by atoms with Gasteiger partial charge >= 0.3 is 11.8 Å². The normalized spacial score (nSPS) is 15.1. The van der Waals surface area contributed by atoms with Gasteiger partial charge in [-0.2, -0.15) is 0 Å². The first-order valence-corrected chi connectivity index (χ1v) is 8.84. The smallest absolute Gasteiger partial charge is 0.311 e. The van der Waals surface area contributed by atoms with Crippen LogP contribution in [-0.2, 0) is 6.54 Å².